The number of benzene rings is 1. The number of alkyl halides is 1. The summed E-state index contributed by atoms with van der Waals surface area (Å²) in [7, 11) is 1.41. The Hall–Kier alpha value is -1.89. The number of carbonyl (C=O) groups is 2. The fourth-order valence-electron chi connectivity index (χ4n) is 3.57. The summed E-state index contributed by atoms with van der Waals surface area (Å²) in [5.74, 6) is 0.392. The number of amides is 1. The number of aldehydes is 1. The van der Waals surface area contributed by atoms with Gasteiger partial charge in [0.15, 0.2) is 17.8 Å². The molecule has 0 aromatic heterocycles. The van der Waals surface area contributed by atoms with E-state index in [4.69, 9.17) is 18.9 Å². The predicted octanol–water partition coefficient (Wildman–Crippen LogP) is 4.38. The smallest absolute Gasteiger partial charge is 0.286 e. The van der Waals surface area contributed by atoms with E-state index in [2.05, 4.69) is 15.9 Å². The maximum Gasteiger partial charge on any atom is 0.286 e. The third kappa shape index (κ3) is 7.06. The Labute approximate surface area is 211 Å². The lowest BCUT2D eigenvalue weighted by Crippen LogP contribution is -2.45. The Kier molecular flexibility index (Phi) is 11.6. The van der Waals surface area contributed by atoms with Crippen molar-refractivity contribution >= 4 is 45.6 Å². The number of ether oxygens (including phenoxy) is 4. The van der Waals surface area contributed by atoms with Crippen LogP contribution >= 0.6 is 27.7 Å². The Bertz CT molecular complexity index is 850. The number of halogens is 1. The molecule has 2 rings (SSSR count). The SMILES string of the molecule is CCOC(C=O)(O[C@H]1CCCN1C(=O)c1cc(OC)c(OCCCCBr)cc1[N+](=O)[O-])SCC. The molecule has 0 aliphatic carbocycles. The standard InChI is InChI=1S/C22H31BrN2O8S/c1-4-32-22(15-26,34-5-2)33-20-9-8-11-24(20)21(27)16-13-18(30-3)19(14-17(16)25(28)29)31-12-7-6-10-23/h13-15,20H,4-12H2,1-3H3/t20-,22?/m0/s1. The molecule has 1 heterocycles. The van der Waals surface area contributed by atoms with Crippen LogP contribution in [0.4, 0.5) is 5.69 Å². The minimum atomic E-state index is -1.55. The van der Waals surface area contributed by atoms with Crippen molar-refractivity contribution in [3.8, 4) is 11.5 Å². The van der Waals surface area contributed by atoms with E-state index in [1.165, 1.54) is 35.9 Å². The molecule has 1 aromatic carbocycles. The second kappa shape index (κ2) is 13.9. The van der Waals surface area contributed by atoms with Gasteiger partial charge in [-0.25, -0.2) is 0 Å². The lowest BCUT2D eigenvalue weighted by Gasteiger charge is -2.33. The zero-order chi connectivity index (χ0) is 25.1. The van der Waals surface area contributed by atoms with E-state index >= 15 is 0 Å². The summed E-state index contributed by atoms with van der Waals surface area (Å²) in [4.78, 5) is 37.9. The molecule has 1 saturated heterocycles. The van der Waals surface area contributed by atoms with Gasteiger partial charge in [0.1, 0.15) is 11.8 Å². The van der Waals surface area contributed by atoms with Crippen LogP contribution in [0.3, 0.4) is 0 Å². The Morgan fingerprint density at radius 1 is 1.35 bits per heavy atom. The maximum absolute atomic E-state index is 13.5. The van der Waals surface area contributed by atoms with Gasteiger partial charge in [-0.1, -0.05) is 34.6 Å². The van der Waals surface area contributed by atoms with Crippen molar-refractivity contribution in [1.82, 2.24) is 4.90 Å². The van der Waals surface area contributed by atoms with Gasteiger partial charge in [-0.05, 0) is 38.4 Å². The monoisotopic (exact) mass is 562 g/mol. The van der Waals surface area contributed by atoms with Crippen LogP contribution in [-0.2, 0) is 14.3 Å². The molecule has 1 unspecified atom stereocenters. The quantitative estimate of drug-likeness (QED) is 0.0765. The number of nitrogens with zero attached hydrogens (tertiary/aromatic N) is 2. The maximum atomic E-state index is 13.5. The molecule has 1 amide bonds. The number of unbranched alkanes of at least 4 members (excludes halogenated alkanes) is 1. The van der Waals surface area contributed by atoms with Crippen LogP contribution in [0.1, 0.15) is 49.9 Å². The molecule has 12 heteroatoms. The van der Waals surface area contributed by atoms with E-state index in [1.54, 1.807) is 6.92 Å². The molecule has 0 radical (unpaired) electrons. The fraction of sp³-hybridized carbons (Fsp3) is 0.636. The number of nitro groups is 1. The minimum Gasteiger partial charge on any atom is -0.493 e. The molecule has 1 aromatic rings. The lowest BCUT2D eigenvalue weighted by atomic mass is 10.1. The summed E-state index contributed by atoms with van der Waals surface area (Å²) in [5.41, 5.74) is -0.525. The molecule has 10 nitrogen and oxygen atoms in total. The van der Waals surface area contributed by atoms with Gasteiger partial charge in [0, 0.05) is 24.5 Å². The predicted molar refractivity (Wildman–Crippen MR) is 132 cm³/mol. The van der Waals surface area contributed by atoms with E-state index < -0.39 is 22.2 Å². The van der Waals surface area contributed by atoms with Crippen LogP contribution in [0.25, 0.3) is 0 Å². The molecule has 34 heavy (non-hydrogen) atoms. The topological polar surface area (TPSA) is 117 Å². The van der Waals surface area contributed by atoms with Gasteiger partial charge in [0.25, 0.3) is 16.7 Å². The number of hydrogen-bond donors (Lipinski definition) is 0. The van der Waals surface area contributed by atoms with Crippen LogP contribution in [0, 0.1) is 10.1 Å². The van der Waals surface area contributed by atoms with Crippen molar-refractivity contribution in [2.45, 2.75) is 50.9 Å². The summed E-state index contributed by atoms with van der Waals surface area (Å²) >= 11 is 4.52. The number of carbonyl (C=O) groups excluding carboxylic acids is 2. The highest BCUT2D eigenvalue weighted by molar-refractivity contribution is 9.09. The first-order valence-corrected chi connectivity index (χ1v) is 13.2. The third-order valence-corrected chi connectivity index (χ3v) is 6.65. The molecule has 190 valence electrons. The molecule has 0 N–H and O–H groups in total. The average molecular weight is 563 g/mol. The molecule has 0 bridgehead atoms. The number of rotatable bonds is 15. The normalized spacial score (nSPS) is 17.3. The molecular weight excluding hydrogens is 532 g/mol. The second-order valence-corrected chi connectivity index (χ2v) is 9.55. The van der Waals surface area contributed by atoms with Crippen molar-refractivity contribution < 1.29 is 33.5 Å². The first-order valence-electron chi connectivity index (χ1n) is 11.1. The summed E-state index contributed by atoms with van der Waals surface area (Å²) in [6.45, 7) is 4.53. The Morgan fingerprint density at radius 2 is 2.12 bits per heavy atom. The molecular formula is C22H31BrN2O8S. The Balaban J connectivity index is 2.34. The van der Waals surface area contributed by atoms with Crippen molar-refractivity contribution in [3.05, 3.63) is 27.8 Å². The zero-order valence-corrected chi connectivity index (χ0v) is 22.0. The number of nitro benzene ring substituents is 1. The summed E-state index contributed by atoms with van der Waals surface area (Å²) < 4.78 is 22.6. The fourth-order valence-corrected chi connectivity index (χ4v) is 4.81. The largest absolute Gasteiger partial charge is 0.493 e. The van der Waals surface area contributed by atoms with Gasteiger partial charge in [-0.2, -0.15) is 0 Å². The average Bonchev–Trinajstić information content (AvgIpc) is 3.28. The van der Waals surface area contributed by atoms with Gasteiger partial charge in [0.05, 0.1) is 24.7 Å². The van der Waals surface area contributed by atoms with Crippen molar-refractivity contribution in [2.75, 3.05) is 38.0 Å². The van der Waals surface area contributed by atoms with Gasteiger partial charge >= 0.3 is 0 Å². The minimum absolute atomic E-state index is 0.138. The highest BCUT2D eigenvalue weighted by atomic mass is 79.9. The van der Waals surface area contributed by atoms with E-state index in [1.807, 2.05) is 6.92 Å². The van der Waals surface area contributed by atoms with Crippen molar-refractivity contribution in [1.29, 1.82) is 0 Å². The van der Waals surface area contributed by atoms with E-state index in [9.17, 15) is 19.7 Å². The molecule has 2 atom stereocenters. The number of thioether (sulfide) groups is 1. The summed E-state index contributed by atoms with van der Waals surface area (Å²) in [6, 6.07) is 2.54. The summed E-state index contributed by atoms with van der Waals surface area (Å²) in [6.07, 6.45) is 2.54. The number of methoxy groups -OCH3 is 1. The second-order valence-electron chi connectivity index (χ2n) is 7.32. The van der Waals surface area contributed by atoms with Crippen LogP contribution in [0.5, 0.6) is 11.5 Å². The van der Waals surface area contributed by atoms with Gasteiger partial charge in [-0.15, -0.1) is 0 Å². The van der Waals surface area contributed by atoms with Crippen LogP contribution < -0.4 is 9.47 Å². The van der Waals surface area contributed by atoms with E-state index in [0.717, 1.165) is 18.2 Å². The van der Waals surface area contributed by atoms with Crippen LogP contribution in [0.2, 0.25) is 0 Å². The molecule has 0 spiro atoms. The first-order chi connectivity index (χ1) is 16.4. The van der Waals surface area contributed by atoms with Gasteiger partial charge in [-0.3, -0.25) is 19.7 Å². The van der Waals surface area contributed by atoms with Crippen molar-refractivity contribution in [2.24, 2.45) is 0 Å². The highest BCUT2D eigenvalue weighted by Crippen LogP contribution is 2.38. The van der Waals surface area contributed by atoms with Gasteiger partial charge < -0.3 is 23.8 Å². The van der Waals surface area contributed by atoms with Crippen LogP contribution in [0.15, 0.2) is 12.1 Å². The zero-order valence-electron chi connectivity index (χ0n) is 19.6. The molecule has 1 aliphatic heterocycles. The van der Waals surface area contributed by atoms with E-state index in [0.29, 0.717) is 38.0 Å². The number of hydrogen-bond acceptors (Lipinski definition) is 9. The van der Waals surface area contributed by atoms with Crippen molar-refractivity contribution in [3.63, 3.8) is 0 Å². The van der Waals surface area contributed by atoms with E-state index in [-0.39, 0.29) is 29.4 Å². The molecule has 0 saturated carbocycles. The van der Waals surface area contributed by atoms with Gasteiger partial charge in [0.2, 0.25) is 0 Å². The molecule has 1 fully saturated rings. The third-order valence-electron chi connectivity index (χ3n) is 5.09. The summed E-state index contributed by atoms with van der Waals surface area (Å²) in [5, 5.41) is 11.1. The molecule has 1 aliphatic rings. The van der Waals surface area contributed by atoms with Crippen LogP contribution in [-0.4, -0.2) is 71.3 Å². The number of likely N-dealkylation sites (tertiary alicyclic amines) is 1. The Morgan fingerprint density at radius 3 is 2.71 bits per heavy atom. The first kappa shape index (κ1) is 28.3. The lowest BCUT2D eigenvalue weighted by molar-refractivity contribution is -0.385. The highest BCUT2D eigenvalue weighted by Gasteiger charge is 2.41.